The van der Waals surface area contributed by atoms with Gasteiger partial charge in [0.1, 0.15) is 5.82 Å². The Hall–Kier alpha value is -1.97. The van der Waals surface area contributed by atoms with E-state index < -0.39 is 0 Å². The number of anilines is 1. The summed E-state index contributed by atoms with van der Waals surface area (Å²) in [6.45, 7) is 4.43. The van der Waals surface area contributed by atoms with E-state index in [0.717, 1.165) is 42.4 Å². The predicted molar refractivity (Wildman–Crippen MR) is 97.0 cm³/mol. The van der Waals surface area contributed by atoms with Gasteiger partial charge in [-0.15, -0.1) is 0 Å². The lowest BCUT2D eigenvalue weighted by molar-refractivity contribution is 0.226. The molecule has 1 spiro atoms. The van der Waals surface area contributed by atoms with Crippen molar-refractivity contribution in [1.82, 2.24) is 15.0 Å². The molecule has 1 saturated heterocycles. The highest BCUT2D eigenvalue weighted by atomic mass is 15.2. The summed E-state index contributed by atoms with van der Waals surface area (Å²) in [4.78, 5) is 16.2. The Morgan fingerprint density at radius 3 is 2.38 bits per heavy atom. The van der Waals surface area contributed by atoms with Crippen LogP contribution in [-0.4, -0.2) is 28.0 Å². The van der Waals surface area contributed by atoms with Crippen LogP contribution in [0.25, 0.3) is 11.4 Å². The van der Waals surface area contributed by atoms with Crippen LogP contribution in [0.4, 0.5) is 5.82 Å². The van der Waals surface area contributed by atoms with Crippen molar-refractivity contribution in [2.45, 2.75) is 51.9 Å². The van der Waals surface area contributed by atoms with Crippen molar-refractivity contribution in [3.63, 3.8) is 0 Å². The standard InChI is InChI=1S/C20H26N4/c1-2-17-15-18(23-19(22-17)16-5-11-21-12-6-16)24-13-9-20(10-14-24)7-3-4-8-20/h5-6,11-12,15H,2-4,7-10,13-14H2,1H3. The molecule has 1 aliphatic carbocycles. The zero-order chi connectivity index (χ0) is 16.4. The molecule has 126 valence electrons. The Kier molecular flexibility index (Phi) is 4.21. The van der Waals surface area contributed by atoms with Crippen LogP contribution in [-0.2, 0) is 6.42 Å². The molecule has 2 aromatic heterocycles. The first-order valence-electron chi connectivity index (χ1n) is 9.31. The van der Waals surface area contributed by atoms with Crippen LogP contribution in [0, 0.1) is 5.41 Å². The molecule has 0 aromatic carbocycles. The number of aryl methyl sites for hydroxylation is 1. The SMILES string of the molecule is CCc1cc(N2CCC3(CCCC3)CC2)nc(-c2ccncc2)n1. The summed E-state index contributed by atoms with van der Waals surface area (Å²) in [6.07, 6.45) is 12.9. The molecule has 0 radical (unpaired) electrons. The monoisotopic (exact) mass is 322 g/mol. The minimum atomic E-state index is 0.644. The Labute approximate surface area is 144 Å². The average molecular weight is 322 g/mol. The lowest BCUT2D eigenvalue weighted by Gasteiger charge is -2.40. The van der Waals surface area contributed by atoms with E-state index in [2.05, 4.69) is 22.9 Å². The van der Waals surface area contributed by atoms with Gasteiger partial charge >= 0.3 is 0 Å². The first-order chi connectivity index (χ1) is 11.8. The summed E-state index contributed by atoms with van der Waals surface area (Å²) >= 11 is 0. The van der Waals surface area contributed by atoms with Gasteiger partial charge in [0.05, 0.1) is 0 Å². The van der Waals surface area contributed by atoms with E-state index in [4.69, 9.17) is 9.97 Å². The van der Waals surface area contributed by atoms with Gasteiger partial charge in [-0.1, -0.05) is 19.8 Å². The third kappa shape index (κ3) is 3.02. The molecule has 4 heteroatoms. The maximum atomic E-state index is 4.88. The fourth-order valence-corrected chi connectivity index (χ4v) is 4.29. The van der Waals surface area contributed by atoms with Crippen LogP contribution in [0.2, 0.25) is 0 Å². The zero-order valence-electron chi connectivity index (χ0n) is 14.5. The lowest BCUT2D eigenvalue weighted by atomic mass is 9.77. The van der Waals surface area contributed by atoms with Crippen molar-refractivity contribution in [1.29, 1.82) is 0 Å². The number of hydrogen-bond donors (Lipinski definition) is 0. The molecule has 0 amide bonds. The highest BCUT2D eigenvalue weighted by Crippen LogP contribution is 2.46. The number of nitrogens with zero attached hydrogens (tertiary/aromatic N) is 4. The number of piperidine rings is 1. The summed E-state index contributed by atoms with van der Waals surface area (Å²) in [6, 6.07) is 6.15. The third-order valence-corrected chi connectivity index (χ3v) is 5.88. The van der Waals surface area contributed by atoms with E-state index in [0.29, 0.717) is 5.41 Å². The Balaban J connectivity index is 1.59. The predicted octanol–water partition coefficient (Wildman–Crippen LogP) is 4.26. The van der Waals surface area contributed by atoms with Crippen molar-refractivity contribution in [3.05, 3.63) is 36.3 Å². The molecule has 1 aliphatic heterocycles. The van der Waals surface area contributed by atoms with E-state index in [1.165, 1.54) is 38.5 Å². The van der Waals surface area contributed by atoms with Crippen LogP contribution in [0.1, 0.15) is 51.1 Å². The van der Waals surface area contributed by atoms with Crippen LogP contribution >= 0.6 is 0 Å². The molecule has 0 bridgehead atoms. The first-order valence-corrected chi connectivity index (χ1v) is 9.31. The van der Waals surface area contributed by atoms with Crippen molar-refractivity contribution in [2.75, 3.05) is 18.0 Å². The molecule has 2 aliphatic rings. The largest absolute Gasteiger partial charge is 0.356 e. The summed E-state index contributed by atoms with van der Waals surface area (Å²) in [5.41, 5.74) is 2.81. The molecular formula is C20H26N4. The molecule has 4 nitrogen and oxygen atoms in total. The van der Waals surface area contributed by atoms with Crippen molar-refractivity contribution in [3.8, 4) is 11.4 Å². The van der Waals surface area contributed by atoms with Crippen LogP contribution in [0.15, 0.2) is 30.6 Å². The fraction of sp³-hybridized carbons (Fsp3) is 0.550. The molecule has 1 saturated carbocycles. The number of pyridine rings is 1. The minimum absolute atomic E-state index is 0.644. The molecule has 2 fully saturated rings. The third-order valence-electron chi connectivity index (χ3n) is 5.88. The Morgan fingerprint density at radius 2 is 1.71 bits per heavy atom. The lowest BCUT2D eigenvalue weighted by Crippen LogP contribution is -2.39. The van der Waals surface area contributed by atoms with E-state index in [1.54, 1.807) is 0 Å². The summed E-state index contributed by atoms with van der Waals surface area (Å²) < 4.78 is 0. The molecule has 3 heterocycles. The first kappa shape index (κ1) is 15.6. The smallest absolute Gasteiger partial charge is 0.161 e. The van der Waals surface area contributed by atoms with E-state index in [9.17, 15) is 0 Å². The molecule has 4 rings (SSSR count). The second-order valence-electron chi connectivity index (χ2n) is 7.32. The number of aromatic nitrogens is 3. The maximum absolute atomic E-state index is 4.88. The molecule has 24 heavy (non-hydrogen) atoms. The van der Waals surface area contributed by atoms with Crippen molar-refractivity contribution in [2.24, 2.45) is 5.41 Å². The fourth-order valence-electron chi connectivity index (χ4n) is 4.29. The van der Waals surface area contributed by atoms with Crippen LogP contribution < -0.4 is 4.90 Å². The van der Waals surface area contributed by atoms with Gasteiger partial charge in [-0.25, -0.2) is 9.97 Å². The Morgan fingerprint density at radius 1 is 1.00 bits per heavy atom. The summed E-state index contributed by atoms with van der Waals surface area (Å²) in [7, 11) is 0. The molecule has 2 aromatic rings. The van der Waals surface area contributed by atoms with Crippen LogP contribution in [0.3, 0.4) is 0 Å². The van der Waals surface area contributed by atoms with E-state index in [1.807, 2.05) is 24.5 Å². The average Bonchev–Trinajstić information content (AvgIpc) is 3.10. The number of rotatable bonds is 3. The van der Waals surface area contributed by atoms with E-state index in [-0.39, 0.29) is 0 Å². The van der Waals surface area contributed by atoms with Gasteiger partial charge in [0.2, 0.25) is 0 Å². The van der Waals surface area contributed by atoms with Gasteiger partial charge in [0.25, 0.3) is 0 Å². The van der Waals surface area contributed by atoms with Crippen LogP contribution in [0.5, 0.6) is 0 Å². The quantitative estimate of drug-likeness (QED) is 0.846. The molecule has 0 atom stereocenters. The normalized spacial score (nSPS) is 19.8. The molecule has 0 N–H and O–H groups in total. The zero-order valence-corrected chi connectivity index (χ0v) is 14.5. The highest BCUT2D eigenvalue weighted by molar-refractivity contribution is 5.57. The highest BCUT2D eigenvalue weighted by Gasteiger charge is 2.37. The van der Waals surface area contributed by atoms with E-state index >= 15 is 0 Å². The van der Waals surface area contributed by atoms with Gasteiger partial charge in [0, 0.05) is 42.8 Å². The second-order valence-corrected chi connectivity index (χ2v) is 7.32. The summed E-state index contributed by atoms with van der Waals surface area (Å²) in [5.74, 6) is 1.93. The van der Waals surface area contributed by atoms with Gasteiger partial charge in [0.15, 0.2) is 5.82 Å². The van der Waals surface area contributed by atoms with Crippen molar-refractivity contribution >= 4 is 5.82 Å². The second kappa shape index (κ2) is 6.50. The van der Waals surface area contributed by atoms with Gasteiger partial charge in [-0.3, -0.25) is 4.98 Å². The minimum Gasteiger partial charge on any atom is -0.356 e. The molecule has 0 unspecified atom stereocenters. The molecular weight excluding hydrogens is 296 g/mol. The van der Waals surface area contributed by atoms with Crippen molar-refractivity contribution < 1.29 is 0 Å². The van der Waals surface area contributed by atoms with Gasteiger partial charge in [-0.2, -0.15) is 0 Å². The summed E-state index contributed by atoms with van der Waals surface area (Å²) in [5, 5.41) is 0. The topological polar surface area (TPSA) is 41.9 Å². The maximum Gasteiger partial charge on any atom is 0.161 e. The van der Waals surface area contributed by atoms with Gasteiger partial charge in [-0.05, 0) is 49.7 Å². The number of hydrogen-bond acceptors (Lipinski definition) is 4. The Bertz CT molecular complexity index is 682. The van der Waals surface area contributed by atoms with Gasteiger partial charge < -0.3 is 4.90 Å².